The second-order valence-electron chi connectivity index (χ2n) is 4.91. The molecule has 0 amide bonds. The minimum atomic E-state index is -0.805. The van der Waals surface area contributed by atoms with E-state index in [0.717, 1.165) is 0 Å². The van der Waals surface area contributed by atoms with Crippen LogP contribution < -0.4 is 11.3 Å². The number of ether oxygens (including phenoxy) is 1. The van der Waals surface area contributed by atoms with E-state index in [2.05, 4.69) is 9.97 Å². The highest BCUT2D eigenvalue weighted by atomic mass is 16.5. The Morgan fingerprint density at radius 1 is 1.67 bits per heavy atom. The summed E-state index contributed by atoms with van der Waals surface area (Å²) in [6.07, 6.45) is 0.935. The number of aromatic nitrogens is 3. The van der Waals surface area contributed by atoms with E-state index in [1.54, 1.807) is 4.57 Å². The van der Waals surface area contributed by atoms with Crippen LogP contribution in [0.3, 0.4) is 0 Å². The highest BCUT2D eigenvalue weighted by Crippen LogP contribution is 2.31. The van der Waals surface area contributed by atoms with Crippen molar-refractivity contribution in [2.24, 2.45) is 5.73 Å². The Labute approximate surface area is 118 Å². The molecule has 1 aliphatic rings. The van der Waals surface area contributed by atoms with Gasteiger partial charge in [0.2, 0.25) is 0 Å². The number of nitrogens with two attached hydrogens (primary N) is 1. The molecule has 0 aromatic carbocycles. The van der Waals surface area contributed by atoms with Gasteiger partial charge < -0.3 is 30.2 Å². The van der Waals surface area contributed by atoms with Crippen LogP contribution in [0.1, 0.15) is 18.2 Å². The summed E-state index contributed by atoms with van der Waals surface area (Å²) < 4.78 is 7.11. The van der Waals surface area contributed by atoms with Crippen LogP contribution in [0.2, 0.25) is 0 Å². The zero-order valence-corrected chi connectivity index (χ0v) is 11.0. The number of aliphatic hydroxyl groups excluding tert-OH is 2. The monoisotopic (exact) mass is 293 g/mol. The van der Waals surface area contributed by atoms with Crippen LogP contribution in [-0.2, 0) is 4.74 Å². The Hall–Kier alpha value is -2.23. The van der Waals surface area contributed by atoms with Crippen molar-refractivity contribution >= 4 is 16.9 Å². The van der Waals surface area contributed by atoms with Crippen LogP contribution in [0.5, 0.6) is 0 Å². The molecule has 9 nitrogen and oxygen atoms in total. The largest absolute Gasteiger partial charge is 0.394 e. The molecule has 3 heterocycles. The lowest BCUT2D eigenvalue weighted by molar-refractivity contribution is -0.0430. The van der Waals surface area contributed by atoms with E-state index < -0.39 is 24.0 Å². The normalized spacial score (nSPS) is 25.5. The number of hydrogen-bond donors (Lipinski definition) is 5. The number of nitrogen functional groups attached to an aromatic ring is 1. The summed E-state index contributed by atoms with van der Waals surface area (Å²) in [6, 6.07) is 0. The first kappa shape index (κ1) is 13.7. The van der Waals surface area contributed by atoms with Crippen LogP contribution in [0.4, 0.5) is 0 Å². The van der Waals surface area contributed by atoms with Crippen LogP contribution in [0.25, 0.3) is 11.0 Å². The summed E-state index contributed by atoms with van der Waals surface area (Å²) in [4.78, 5) is 18.5. The zero-order valence-electron chi connectivity index (χ0n) is 11.0. The van der Waals surface area contributed by atoms with Gasteiger partial charge in [-0.2, -0.15) is 0 Å². The maximum Gasteiger partial charge on any atom is 0.260 e. The van der Waals surface area contributed by atoms with Crippen LogP contribution in [-0.4, -0.2) is 49.4 Å². The van der Waals surface area contributed by atoms with Crippen molar-refractivity contribution < 1.29 is 14.9 Å². The lowest BCUT2D eigenvalue weighted by Gasteiger charge is -2.14. The predicted octanol–water partition coefficient (Wildman–Crippen LogP) is -1.35. The molecule has 0 aliphatic carbocycles. The van der Waals surface area contributed by atoms with E-state index in [-0.39, 0.29) is 29.8 Å². The molecule has 1 saturated heterocycles. The Balaban J connectivity index is 2.14. The number of amidine groups is 1. The number of nitrogens with one attached hydrogen (secondary N) is 2. The molecule has 0 bridgehead atoms. The first-order valence-electron chi connectivity index (χ1n) is 6.40. The quantitative estimate of drug-likeness (QED) is 0.349. The van der Waals surface area contributed by atoms with Crippen molar-refractivity contribution in [3.05, 3.63) is 28.4 Å². The van der Waals surface area contributed by atoms with E-state index in [9.17, 15) is 9.90 Å². The summed E-state index contributed by atoms with van der Waals surface area (Å²) in [5.41, 5.74) is 5.67. The lowest BCUT2D eigenvalue weighted by atomic mass is 10.2. The van der Waals surface area contributed by atoms with Gasteiger partial charge in [0.25, 0.3) is 5.56 Å². The highest BCUT2D eigenvalue weighted by molar-refractivity contribution is 6.06. The van der Waals surface area contributed by atoms with Crippen molar-refractivity contribution in [3.8, 4) is 0 Å². The minimum Gasteiger partial charge on any atom is -0.394 e. The number of nitrogens with zero attached hydrogens (tertiary/aromatic N) is 2. The molecule has 0 radical (unpaired) electrons. The fraction of sp³-hybridized carbons (Fsp3) is 0.417. The molecule has 0 saturated carbocycles. The van der Waals surface area contributed by atoms with Gasteiger partial charge in [-0.25, -0.2) is 4.98 Å². The first-order chi connectivity index (χ1) is 10.0. The van der Waals surface area contributed by atoms with Gasteiger partial charge in [-0.1, -0.05) is 0 Å². The second-order valence-corrected chi connectivity index (χ2v) is 4.91. The Kier molecular flexibility index (Phi) is 3.24. The van der Waals surface area contributed by atoms with E-state index in [1.165, 1.54) is 12.5 Å². The molecule has 112 valence electrons. The van der Waals surface area contributed by atoms with Gasteiger partial charge >= 0.3 is 0 Å². The summed E-state index contributed by atoms with van der Waals surface area (Å²) in [7, 11) is 0. The van der Waals surface area contributed by atoms with E-state index >= 15 is 0 Å². The first-order valence-corrected chi connectivity index (χ1v) is 6.40. The second kappa shape index (κ2) is 4.95. The van der Waals surface area contributed by atoms with Crippen molar-refractivity contribution in [2.45, 2.75) is 24.9 Å². The number of fused-ring (bicyclic) bond motifs is 1. The van der Waals surface area contributed by atoms with E-state index in [0.29, 0.717) is 5.65 Å². The van der Waals surface area contributed by atoms with Gasteiger partial charge in [-0.15, -0.1) is 0 Å². The molecule has 0 spiro atoms. The molecule has 3 rings (SSSR count). The summed E-state index contributed by atoms with van der Waals surface area (Å²) >= 11 is 0. The molecule has 3 atom stereocenters. The van der Waals surface area contributed by atoms with Crippen molar-refractivity contribution in [1.29, 1.82) is 5.41 Å². The summed E-state index contributed by atoms with van der Waals surface area (Å²) in [6.45, 7) is -0.301. The average Bonchev–Trinajstić information content (AvgIpc) is 3.00. The third kappa shape index (κ3) is 2.11. The molecule has 21 heavy (non-hydrogen) atoms. The molecule has 1 fully saturated rings. The third-order valence-corrected chi connectivity index (χ3v) is 3.60. The minimum absolute atomic E-state index is 0.204. The van der Waals surface area contributed by atoms with Gasteiger partial charge in [0.1, 0.15) is 23.8 Å². The number of rotatable bonds is 3. The average molecular weight is 293 g/mol. The highest BCUT2D eigenvalue weighted by Gasteiger charge is 2.35. The standard InChI is InChI=1S/C12H15N5O4/c13-10(14)5-2-17(8-1-6(19)7(3-18)21-8)11-9(5)12(20)16-4-15-11/h2,4,6-8,18-19H,1,3H2,(H3,13,14)(H,15,16,20)/t6-,7+,8+/m0/s1. The van der Waals surface area contributed by atoms with Crippen LogP contribution >= 0.6 is 0 Å². The molecule has 1 aliphatic heterocycles. The topological polar surface area (TPSA) is 150 Å². The fourth-order valence-corrected chi connectivity index (χ4v) is 2.57. The van der Waals surface area contributed by atoms with Crippen LogP contribution in [0.15, 0.2) is 17.3 Å². The van der Waals surface area contributed by atoms with Gasteiger partial charge in [-0.3, -0.25) is 10.2 Å². The summed E-state index contributed by atoms with van der Waals surface area (Å²) in [5, 5.41) is 26.7. The fourth-order valence-electron chi connectivity index (χ4n) is 2.57. The van der Waals surface area contributed by atoms with Crippen molar-refractivity contribution in [1.82, 2.24) is 14.5 Å². The molecule has 6 N–H and O–H groups in total. The van der Waals surface area contributed by atoms with Gasteiger partial charge in [0.15, 0.2) is 0 Å². The van der Waals surface area contributed by atoms with E-state index in [4.69, 9.17) is 21.0 Å². The van der Waals surface area contributed by atoms with Crippen LogP contribution in [0, 0.1) is 5.41 Å². The molecular formula is C12H15N5O4. The molecule has 9 heteroatoms. The Bertz CT molecular complexity index is 752. The van der Waals surface area contributed by atoms with Gasteiger partial charge in [0.05, 0.1) is 24.4 Å². The molecule has 2 aromatic rings. The van der Waals surface area contributed by atoms with Gasteiger partial charge in [0, 0.05) is 18.2 Å². The van der Waals surface area contributed by atoms with Crippen molar-refractivity contribution in [2.75, 3.05) is 6.61 Å². The molecular weight excluding hydrogens is 278 g/mol. The Morgan fingerprint density at radius 3 is 3.05 bits per heavy atom. The van der Waals surface area contributed by atoms with Gasteiger partial charge in [-0.05, 0) is 0 Å². The number of aliphatic hydroxyl groups is 2. The zero-order chi connectivity index (χ0) is 15.1. The maximum absolute atomic E-state index is 11.9. The Morgan fingerprint density at radius 2 is 2.43 bits per heavy atom. The molecule has 2 aromatic heterocycles. The SMILES string of the molecule is N=C(N)c1cn([C@H]2C[C@H](O)[C@@H](CO)O2)c2nc[nH]c(=O)c12. The number of H-pyrrole nitrogens is 1. The lowest BCUT2D eigenvalue weighted by Crippen LogP contribution is -2.24. The molecule has 0 unspecified atom stereocenters. The third-order valence-electron chi connectivity index (χ3n) is 3.60. The number of aromatic amines is 1. The smallest absolute Gasteiger partial charge is 0.260 e. The predicted molar refractivity (Wildman–Crippen MR) is 73.0 cm³/mol. The van der Waals surface area contributed by atoms with Crippen molar-refractivity contribution in [3.63, 3.8) is 0 Å². The number of hydrogen-bond acceptors (Lipinski definition) is 6. The maximum atomic E-state index is 11.9. The summed E-state index contributed by atoms with van der Waals surface area (Å²) in [5.74, 6) is -0.255. The van der Waals surface area contributed by atoms with E-state index in [1.807, 2.05) is 0 Å².